The number of ether oxygens (including phenoxy) is 1. The standard InChI is InChI=1S/C13H14O5/c14-12(15)10-6-9(10)11(13(16)17)7-18-8-4-2-1-3-5-8/h1-5,9-11H,6-7H2,(H,14,15)(H,16,17). The molecule has 0 heterocycles. The summed E-state index contributed by atoms with van der Waals surface area (Å²) in [6.45, 7) is 0.00773. The summed E-state index contributed by atoms with van der Waals surface area (Å²) in [4.78, 5) is 21.8. The molecule has 96 valence electrons. The van der Waals surface area contributed by atoms with Crippen molar-refractivity contribution >= 4 is 11.9 Å². The third-order valence-corrected chi connectivity index (χ3v) is 3.16. The van der Waals surface area contributed by atoms with Crippen LogP contribution < -0.4 is 4.74 Å². The van der Waals surface area contributed by atoms with E-state index in [1.165, 1.54) is 0 Å². The summed E-state index contributed by atoms with van der Waals surface area (Å²) in [6.07, 6.45) is 0.421. The molecule has 2 rings (SSSR count). The molecule has 0 aromatic heterocycles. The summed E-state index contributed by atoms with van der Waals surface area (Å²) in [5.74, 6) is -2.94. The first-order valence-corrected chi connectivity index (χ1v) is 5.73. The van der Waals surface area contributed by atoms with E-state index in [-0.39, 0.29) is 12.5 Å². The minimum Gasteiger partial charge on any atom is -0.493 e. The second kappa shape index (κ2) is 5.08. The number of benzene rings is 1. The maximum Gasteiger partial charge on any atom is 0.310 e. The van der Waals surface area contributed by atoms with E-state index >= 15 is 0 Å². The lowest BCUT2D eigenvalue weighted by molar-refractivity contribution is -0.144. The van der Waals surface area contributed by atoms with Crippen LogP contribution >= 0.6 is 0 Å². The fraction of sp³-hybridized carbons (Fsp3) is 0.385. The van der Waals surface area contributed by atoms with Crippen molar-refractivity contribution in [3.63, 3.8) is 0 Å². The Morgan fingerprint density at radius 2 is 1.94 bits per heavy atom. The molecule has 0 spiro atoms. The Morgan fingerprint density at radius 3 is 2.44 bits per heavy atom. The molecule has 0 saturated heterocycles. The van der Waals surface area contributed by atoms with E-state index in [0.717, 1.165) is 0 Å². The van der Waals surface area contributed by atoms with Crippen LogP contribution in [0.25, 0.3) is 0 Å². The van der Waals surface area contributed by atoms with Gasteiger partial charge >= 0.3 is 11.9 Å². The first kappa shape index (κ1) is 12.4. The van der Waals surface area contributed by atoms with Gasteiger partial charge in [-0.2, -0.15) is 0 Å². The van der Waals surface area contributed by atoms with Crippen LogP contribution in [0.4, 0.5) is 0 Å². The van der Waals surface area contributed by atoms with Crippen LogP contribution in [-0.2, 0) is 9.59 Å². The van der Waals surface area contributed by atoms with Crippen molar-refractivity contribution in [2.75, 3.05) is 6.61 Å². The van der Waals surface area contributed by atoms with E-state index in [1.807, 2.05) is 6.07 Å². The molecule has 0 amide bonds. The predicted octanol–water partition coefficient (Wildman–Crippen LogP) is 1.49. The van der Waals surface area contributed by atoms with Crippen molar-refractivity contribution in [1.29, 1.82) is 0 Å². The molecule has 0 aliphatic heterocycles. The third kappa shape index (κ3) is 2.80. The van der Waals surface area contributed by atoms with Crippen molar-refractivity contribution in [1.82, 2.24) is 0 Å². The van der Waals surface area contributed by atoms with Crippen LogP contribution in [0.2, 0.25) is 0 Å². The van der Waals surface area contributed by atoms with E-state index < -0.39 is 23.8 Å². The van der Waals surface area contributed by atoms with Crippen LogP contribution in [0.3, 0.4) is 0 Å². The largest absolute Gasteiger partial charge is 0.493 e. The first-order chi connectivity index (χ1) is 8.59. The summed E-state index contributed by atoms with van der Waals surface area (Å²) in [6, 6.07) is 8.90. The maximum atomic E-state index is 11.1. The van der Waals surface area contributed by atoms with Gasteiger partial charge in [0, 0.05) is 0 Å². The molecule has 1 aromatic rings. The molecule has 0 radical (unpaired) electrons. The molecule has 5 nitrogen and oxygen atoms in total. The number of para-hydroxylation sites is 1. The minimum atomic E-state index is -1.00. The molecule has 1 fully saturated rings. The second-order valence-corrected chi connectivity index (χ2v) is 4.41. The number of hydrogen-bond donors (Lipinski definition) is 2. The highest BCUT2D eigenvalue weighted by Gasteiger charge is 2.50. The highest BCUT2D eigenvalue weighted by molar-refractivity contribution is 5.77. The average molecular weight is 250 g/mol. The SMILES string of the molecule is O=C(O)C(COc1ccccc1)C1CC1C(=O)O. The summed E-state index contributed by atoms with van der Waals surface area (Å²) in [5, 5.41) is 17.9. The van der Waals surface area contributed by atoms with E-state index in [0.29, 0.717) is 12.2 Å². The van der Waals surface area contributed by atoms with Gasteiger partial charge < -0.3 is 14.9 Å². The third-order valence-electron chi connectivity index (χ3n) is 3.16. The Bertz CT molecular complexity index is 442. The Balaban J connectivity index is 1.92. The molecular formula is C13H14O5. The van der Waals surface area contributed by atoms with Gasteiger partial charge in [-0.15, -0.1) is 0 Å². The highest BCUT2D eigenvalue weighted by Crippen LogP contribution is 2.44. The van der Waals surface area contributed by atoms with Gasteiger partial charge in [0.25, 0.3) is 0 Å². The fourth-order valence-corrected chi connectivity index (χ4v) is 2.02. The molecule has 0 bridgehead atoms. The maximum absolute atomic E-state index is 11.1. The second-order valence-electron chi connectivity index (χ2n) is 4.41. The number of carboxylic acid groups (broad SMARTS) is 2. The predicted molar refractivity (Wildman–Crippen MR) is 62.3 cm³/mol. The number of rotatable bonds is 6. The quantitative estimate of drug-likeness (QED) is 0.799. The zero-order chi connectivity index (χ0) is 13.1. The summed E-state index contributed by atoms with van der Waals surface area (Å²) >= 11 is 0. The number of hydrogen-bond acceptors (Lipinski definition) is 3. The van der Waals surface area contributed by atoms with Gasteiger partial charge in [-0.1, -0.05) is 18.2 Å². The van der Waals surface area contributed by atoms with Gasteiger partial charge in [0.15, 0.2) is 0 Å². The van der Waals surface area contributed by atoms with Crippen molar-refractivity contribution < 1.29 is 24.5 Å². The lowest BCUT2D eigenvalue weighted by Crippen LogP contribution is -2.25. The molecule has 3 atom stereocenters. The molecule has 18 heavy (non-hydrogen) atoms. The lowest BCUT2D eigenvalue weighted by Gasteiger charge is -2.13. The molecule has 1 aromatic carbocycles. The Hall–Kier alpha value is -2.04. The highest BCUT2D eigenvalue weighted by atomic mass is 16.5. The molecular weight excluding hydrogens is 236 g/mol. The number of aliphatic carboxylic acids is 2. The van der Waals surface area contributed by atoms with Crippen LogP contribution in [0.1, 0.15) is 6.42 Å². The van der Waals surface area contributed by atoms with Crippen molar-refractivity contribution in [3.05, 3.63) is 30.3 Å². The van der Waals surface area contributed by atoms with E-state index in [9.17, 15) is 9.59 Å². The van der Waals surface area contributed by atoms with Crippen LogP contribution in [0.15, 0.2) is 30.3 Å². The summed E-state index contributed by atoms with van der Waals surface area (Å²) < 4.78 is 5.39. The molecule has 5 heteroatoms. The molecule has 2 N–H and O–H groups in total. The monoisotopic (exact) mass is 250 g/mol. The van der Waals surface area contributed by atoms with Gasteiger partial charge in [-0.05, 0) is 24.5 Å². The zero-order valence-electron chi connectivity index (χ0n) is 9.65. The molecule has 3 unspecified atom stereocenters. The van der Waals surface area contributed by atoms with Crippen molar-refractivity contribution in [2.45, 2.75) is 6.42 Å². The van der Waals surface area contributed by atoms with Crippen LogP contribution in [0.5, 0.6) is 5.75 Å². The number of carbonyl (C=O) groups is 2. The van der Waals surface area contributed by atoms with E-state index in [2.05, 4.69) is 0 Å². The van der Waals surface area contributed by atoms with Gasteiger partial charge in [0.05, 0.1) is 11.8 Å². The average Bonchev–Trinajstić information content (AvgIpc) is 3.10. The van der Waals surface area contributed by atoms with Gasteiger partial charge in [0.2, 0.25) is 0 Å². The Morgan fingerprint density at radius 1 is 1.28 bits per heavy atom. The van der Waals surface area contributed by atoms with Crippen LogP contribution in [0, 0.1) is 17.8 Å². The van der Waals surface area contributed by atoms with Gasteiger partial charge in [-0.3, -0.25) is 9.59 Å². The Kier molecular flexibility index (Phi) is 3.50. The van der Waals surface area contributed by atoms with Crippen molar-refractivity contribution in [2.24, 2.45) is 17.8 Å². The van der Waals surface area contributed by atoms with Gasteiger partial charge in [0.1, 0.15) is 12.4 Å². The minimum absolute atomic E-state index is 0.00773. The molecule has 1 aliphatic carbocycles. The molecule has 1 aliphatic rings. The first-order valence-electron chi connectivity index (χ1n) is 5.73. The number of carboxylic acids is 2. The zero-order valence-corrected chi connectivity index (χ0v) is 9.65. The topological polar surface area (TPSA) is 83.8 Å². The summed E-state index contributed by atoms with van der Waals surface area (Å²) in [7, 11) is 0. The van der Waals surface area contributed by atoms with E-state index in [4.69, 9.17) is 14.9 Å². The smallest absolute Gasteiger partial charge is 0.310 e. The Labute approximate surface area is 104 Å². The van der Waals surface area contributed by atoms with Crippen molar-refractivity contribution in [3.8, 4) is 5.75 Å². The lowest BCUT2D eigenvalue weighted by atomic mass is 10.0. The summed E-state index contributed by atoms with van der Waals surface area (Å²) in [5.41, 5.74) is 0. The van der Waals surface area contributed by atoms with Crippen LogP contribution in [-0.4, -0.2) is 28.8 Å². The van der Waals surface area contributed by atoms with E-state index in [1.54, 1.807) is 24.3 Å². The van der Waals surface area contributed by atoms with Gasteiger partial charge in [-0.25, -0.2) is 0 Å². The molecule has 1 saturated carbocycles. The fourth-order valence-electron chi connectivity index (χ4n) is 2.02. The normalized spacial score (nSPS) is 23.1.